The van der Waals surface area contributed by atoms with E-state index in [9.17, 15) is 34.4 Å². The van der Waals surface area contributed by atoms with Crippen LogP contribution in [0.25, 0.3) is 0 Å². The second-order valence-electron chi connectivity index (χ2n) is 22.8. The molecule has 3 N–H and O–H groups in total. The molecule has 20 nitrogen and oxygen atoms in total. The van der Waals surface area contributed by atoms with Crippen molar-refractivity contribution in [3.05, 3.63) is 88.1 Å². The molecular formula is C55H80N6O14S2Si2. The van der Waals surface area contributed by atoms with E-state index in [0.717, 1.165) is 11.1 Å². The molecule has 24 heteroatoms. The molecule has 0 spiro atoms. The van der Waals surface area contributed by atoms with Crippen LogP contribution >= 0.6 is 21.6 Å². The van der Waals surface area contributed by atoms with E-state index in [4.69, 9.17) is 32.5 Å². The Morgan fingerprint density at radius 3 is 1.65 bits per heavy atom. The largest absolute Gasteiger partial charge is 0.493 e. The minimum atomic E-state index is -2.17. The SMILES string of the molecule is C=C1C[C@@H](CO[Si](C)(C)C(C)(C)C)N(C(=O)c2cc(OC)c(OCCCCCOc3cc(NC(=O)OCC(C)SSc4ccc([N+](=O)[O-])cn4)c(C(=O)N4CC(=C)C[C@H]4CO[Si](C)(C)C(C)(C)C)cc3OC)cc2NC(=O)O)C1. The lowest BCUT2D eigenvalue weighted by atomic mass is 10.1. The monoisotopic (exact) mass is 1170 g/mol. The summed E-state index contributed by atoms with van der Waals surface area (Å²) in [5.74, 6) is 0.296. The zero-order valence-corrected chi connectivity index (χ0v) is 51.7. The minimum Gasteiger partial charge on any atom is -0.493 e. The fourth-order valence-corrected chi connectivity index (χ4v) is 11.9. The van der Waals surface area contributed by atoms with Crippen molar-refractivity contribution in [3.63, 3.8) is 0 Å². The van der Waals surface area contributed by atoms with Crippen molar-refractivity contribution in [2.75, 3.05) is 71.0 Å². The summed E-state index contributed by atoms with van der Waals surface area (Å²) in [7, 11) is 1.26. The molecule has 3 aromatic rings. The number of ether oxygens (including phenoxy) is 5. The number of nitrogens with one attached hydrogen (secondary N) is 2. The van der Waals surface area contributed by atoms with Crippen molar-refractivity contribution in [3.8, 4) is 23.0 Å². The van der Waals surface area contributed by atoms with Crippen LogP contribution in [0.3, 0.4) is 0 Å². The summed E-state index contributed by atoms with van der Waals surface area (Å²) in [4.78, 5) is 72.5. The predicted molar refractivity (Wildman–Crippen MR) is 315 cm³/mol. The molecule has 2 aromatic carbocycles. The predicted octanol–water partition coefficient (Wildman–Crippen LogP) is 12.7. The van der Waals surface area contributed by atoms with Gasteiger partial charge in [-0.15, -0.1) is 0 Å². The van der Waals surface area contributed by atoms with Crippen molar-refractivity contribution < 1.29 is 61.7 Å². The molecule has 3 atom stereocenters. The Labute approximate surface area is 474 Å². The van der Waals surface area contributed by atoms with E-state index in [1.54, 1.807) is 28.0 Å². The van der Waals surface area contributed by atoms with Gasteiger partial charge in [0.2, 0.25) is 0 Å². The van der Waals surface area contributed by atoms with Gasteiger partial charge in [0.15, 0.2) is 39.6 Å². The zero-order valence-electron chi connectivity index (χ0n) is 48.0. The second kappa shape index (κ2) is 27.6. The van der Waals surface area contributed by atoms with Gasteiger partial charge in [0.25, 0.3) is 17.5 Å². The van der Waals surface area contributed by atoms with Crippen LogP contribution < -0.4 is 29.6 Å². The fraction of sp³-hybridized carbons (Fsp3) is 0.545. The van der Waals surface area contributed by atoms with Crippen molar-refractivity contribution >= 4 is 79.3 Å². The number of carboxylic acid groups (broad SMARTS) is 1. The molecule has 0 radical (unpaired) electrons. The molecule has 4 amide bonds. The number of nitrogens with zero attached hydrogens (tertiary/aromatic N) is 4. The number of hydrogen-bond donors (Lipinski definition) is 3. The number of methoxy groups -OCH3 is 2. The molecule has 1 unspecified atom stereocenters. The highest BCUT2D eigenvalue weighted by Crippen LogP contribution is 2.42. The summed E-state index contributed by atoms with van der Waals surface area (Å²) >= 11 is 0. The van der Waals surface area contributed by atoms with Gasteiger partial charge in [-0.3, -0.25) is 30.3 Å². The molecule has 2 saturated heterocycles. The van der Waals surface area contributed by atoms with Gasteiger partial charge in [-0.25, -0.2) is 14.6 Å². The number of rotatable bonds is 26. The average molecular weight is 1170 g/mol. The van der Waals surface area contributed by atoms with E-state index < -0.39 is 33.7 Å². The maximum atomic E-state index is 14.6. The lowest BCUT2D eigenvalue weighted by Gasteiger charge is -2.38. The zero-order chi connectivity index (χ0) is 58.6. The number of carbonyl (C=O) groups is 4. The lowest BCUT2D eigenvalue weighted by Crippen LogP contribution is -2.46. The van der Waals surface area contributed by atoms with Gasteiger partial charge in [0, 0.05) is 36.5 Å². The summed E-state index contributed by atoms with van der Waals surface area (Å²) < 4.78 is 42.5. The van der Waals surface area contributed by atoms with E-state index in [-0.39, 0.29) is 110 Å². The van der Waals surface area contributed by atoms with E-state index in [0.29, 0.717) is 63.4 Å². The van der Waals surface area contributed by atoms with Gasteiger partial charge in [0.05, 0.1) is 80.2 Å². The smallest absolute Gasteiger partial charge is 0.411 e. The first-order valence-corrected chi connectivity index (χ1v) is 34.3. The van der Waals surface area contributed by atoms with Gasteiger partial charge in [-0.1, -0.05) is 76.6 Å². The van der Waals surface area contributed by atoms with Crippen molar-refractivity contribution in [2.45, 2.75) is 139 Å². The van der Waals surface area contributed by atoms with E-state index in [1.807, 2.05) is 6.92 Å². The number of unbranched alkanes of at least 4 members (excludes halogenated alkanes) is 2. The number of amides is 4. The molecule has 0 aliphatic carbocycles. The van der Waals surface area contributed by atoms with Gasteiger partial charge in [0.1, 0.15) is 17.8 Å². The highest BCUT2D eigenvalue weighted by atomic mass is 33.1. The Morgan fingerprint density at radius 1 is 0.772 bits per heavy atom. The topological polar surface area (TPSA) is 240 Å². The van der Waals surface area contributed by atoms with E-state index in [2.05, 4.69) is 96.5 Å². The van der Waals surface area contributed by atoms with Gasteiger partial charge >= 0.3 is 12.2 Å². The normalized spacial score (nSPS) is 16.4. The first-order valence-electron chi connectivity index (χ1n) is 26.3. The third-order valence-electron chi connectivity index (χ3n) is 14.7. The quantitative estimate of drug-likeness (QED) is 0.0169. The summed E-state index contributed by atoms with van der Waals surface area (Å²) in [6.45, 7) is 33.5. The molecule has 0 saturated carbocycles. The van der Waals surface area contributed by atoms with Crippen LogP contribution in [0.4, 0.5) is 26.7 Å². The third kappa shape index (κ3) is 17.6. The molecule has 2 aliphatic rings. The Balaban J connectivity index is 1.26. The van der Waals surface area contributed by atoms with Crippen molar-refractivity contribution in [1.29, 1.82) is 0 Å². The summed E-state index contributed by atoms with van der Waals surface area (Å²) in [6, 6.07) is 8.40. The van der Waals surface area contributed by atoms with Gasteiger partial charge in [-0.05, 0) is 104 Å². The maximum Gasteiger partial charge on any atom is 0.411 e. The molecule has 5 rings (SSSR count). The molecule has 79 heavy (non-hydrogen) atoms. The van der Waals surface area contributed by atoms with Crippen LogP contribution in [0.1, 0.15) is 101 Å². The second-order valence-corrected chi connectivity index (χ2v) is 35.1. The summed E-state index contributed by atoms with van der Waals surface area (Å²) in [5, 5.41) is 26.3. The third-order valence-corrected chi connectivity index (χ3v) is 26.4. The first-order chi connectivity index (χ1) is 36.9. The minimum absolute atomic E-state index is 0.00990. The average Bonchev–Trinajstić information content (AvgIpc) is 3.97. The van der Waals surface area contributed by atoms with Crippen LogP contribution in [0, 0.1) is 10.1 Å². The number of carbonyl (C=O) groups excluding carboxylic acids is 3. The lowest BCUT2D eigenvalue weighted by molar-refractivity contribution is -0.385. The molecule has 1 aromatic heterocycles. The number of aromatic nitrogens is 1. The number of hydrogen-bond acceptors (Lipinski definition) is 16. The van der Waals surface area contributed by atoms with Crippen LogP contribution in [0.2, 0.25) is 36.3 Å². The van der Waals surface area contributed by atoms with Crippen LogP contribution in [0.5, 0.6) is 23.0 Å². The highest BCUT2D eigenvalue weighted by Gasteiger charge is 2.42. The Morgan fingerprint density at radius 2 is 1.24 bits per heavy atom. The maximum absolute atomic E-state index is 14.6. The van der Waals surface area contributed by atoms with E-state index in [1.165, 1.54) is 60.2 Å². The fourth-order valence-electron chi connectivity index (χ4n) is 7.99. The van der Waals surface area contributed by atoms with Crippen LogP contribution in [0.15, 0.2) is 71.9 Å². The number of anilines is 2. The Kier molecular flexibility index (Phi) is 22.4. The standard InChI is InChI=1S/C55H80N6O14S2Si2/c1-35-23-39(33-74-78(12,13)54(4,5)6)59(30-35)50(62)41-25-45(69-10)47(27-43(41)57-52(64)65)71-21-17-16-18-22-72-48-28-44(58-53(66)73-32-37(3)76-77-49-20-19-38(29-56-49)61(67)68)42(26-46(48)70-11)51(63)60-31-36(2)24-40(60)34-75-79(14,15)55(7,8)9/h19-20,25-29,37,39-40,57H,1-2,16-18,21-24,30-34H2,3-15H3,(H,58,66)(H,64,65)/t37?,39-,40-/m0/s1. The van der Waals surface area contributed by atoms with Crippen LogP contribution in [-0.4, -0.2) is 143 Å². The van der Waals surface area contributed by atoms with Crippen molar-refractivity contribution in [2.24, 2.45) is 0 Å². The molecular weight excluding hydrogens is 1090 g/mol. The highest BCUT2D eigenvalue weighted by molar-refractivity contribution is 8.76. The summed E-state index contributed by atoms with van der Waals surface area (Å²) in [6.07, 6.45) is 1.92. The number of pyridine rings is 1. The Bertz CT molecular complexity index is 2700. The molecule has 2 aliphatic heterocycles. The summed E-state index contributed by atoms with van der Waals surface area (Å²) in [5.41, 5.74) is 2.09. The number of likely N-dealkylation sites (tertiary alicyclic amines) is 2. The molecule has 3 heterocycles. The Hall–Kier alpha value is -5.80. The van der Waals surface area contributed by atoms with E-state index >= 15 is 0 Å². The van der Waals surface area contributed by atoms with Crippen molar-refractivity contribution in [1.82, 2.24) is 14.8 Å². The molecule has 0 bridgehead atoms. The molecule has 2 fully saturated rings. The molecule has 434 valence electrons. The number of benzene rings is 2. The first kappa shape index (κ1) is 64.0. The van der Waals surface area contributed by atoms with Gasteiger partial charge in [-0.2, -0.15) is 0 Å². The van der Waals surface area contributed by atoms with Gasteiger partial charge < -0.3 is 47.4 Å². The van der Waals surface area contributed by atoms with Crippen LogP contribution in [-0.2, 0) is 13.6 Å². The number of nitro groups is 1.